The van der Waals surface area contributed by atoms with Crippen molar-refractivity contribution in [2.75, 3.05) is 0 Å². The van der Waals surface area contributed by atoms with Gasteiger partial charge in [0.15, 0.2) is 0 Å². The van der Waals surface area contributed by atoms with Crippen LogP contribution in [0.2, 0.25) is 0 Å². The van der Waals surface area contributed by atoms with Crippen molar-refractivity contribution in [3.63, 3.8) is 0 Å². The van der Waals surface area contributed by atoms with Crippen LogP contribution in [0.25, 0.3) is 0 Å². The Balaban J connectivity index is 0.00000220. The van der Waals surface area contributed by atoms with Crippen LogP contribution in [0, 0.1) is 12.8 Å². The van der Waals surface area contributed by atoms with Crippen LogP contribution in [0.1, 0.15) is 48.9 Å². The fraction of sp³-hybridized carbons (Fsp3) is 0.471. The van der Waals surface area contributed by atoms with E-state index in [0.29, 0.717) is 11.5 Å². The summed E-state index contributed by atoms with van der Waals surface area (Å²) in [6, 6.07) is 8.55. The molecule has 0 spiro atoms. The Labute approximate surface area is 141 Å². The Morgan fingerprint density at radius 1 is 1.14 bits per heavy atom. The zero-order valence-corrected chi connectivity index (χ0v) is 15.1. The van der Waals surface area contributed by atoms with Crippen LogP contribution >= 0.6 is 0 Å². The molecule has 0 saturated heterocycles. The Bertz CT molecular complexity index is 455. The molecule has 1 aromatic rings. The molecule has 2 rings (SSSR count). The topological polar surface area (TPSA) is 46.2 Å². The first-order valence-electron chi connectivity index (χ1n) is 7.38. The minimum atomic E-state index is -0.453. The third kappa shape index (κ3) is 5.66. The molecule has 0 aromatic heterocycles. The van der Waals surface area contributed by atoms with Gasteiger partial charge in [-0.25, -0.2) is 0 Å². The Kier molecular flexibility index (Phi) is 7.74. The number of hydrogen-bond acceptors (Lipinski definition) is 2. The van der Waals surface area contributed by atoms with E-state index in [9.17, 15) is 9.59 Å². The summed E-state index contributed by atoms with van der Waals surface area (Å²) in [5.41, 5.74) is 0.586. The number of hydrogen-bond donors (Lipinski definition) is 1. The van der Waals surface area contributed by atoms with Crippen molar-refractivity contribution < 1.29 is 30.7 Å². The Morgan fingerprint density at radius 3 is 2.33 bits per heavy atom. The molecule has 1 aliphatic rings. The van der Waals surface area contributed by atoms with E-state index < -0.39 is 6.04 Å². The van der Waals surface area contributed by atoms with Gasteiger partial charge in [-0.15, -0.1) is 0 Å². The molecule has 1 atom stereocenters. The molecular formula is C17H22NO2W-. The van der Waals surface area contributed by atoms with Gasteiger partial charge in [0.1, 0.15) is 0 Å². The predicted molar refractivity (Wildman–Crippen MR) is 79.3 cm³/mol. The summed E-state index contributed by atoms with van der Waals surface area (Å²) < 4.78 is 0. The normalized spacial score (nSPS) is 16.6. The summed E-state index contributed by atoms with van der Waals surface area (Å²) in [7, 11) is 0. The molecule has 0 aliphatic heterocycles. The molecular weight excluding hydrogens is 434 g/mol. The molecule has 0 heterocycles. The van der Waals surface area contributed by atoms with E-state index in [1.807, 2.05) is 18.2 Å². The van der Waals surface area contributed by atoms with Crippen LogP contribution < -0.4 is 5.32 Å². The van der Waals surface area contributed by atoms with Crippen LogP contribution in [-0.4, -0.2) is 17.7 Å². The van der Waals surface area contributed by atoms with Crippen molar-refractivity contribution in [2.45, 2.75) is 44.6 Å². The van der Waals surface area contributed by atoms with Gasteiger partial charge in [0.2, 0.25) is 0 Å². The molecule has 1 aromatic carbocycles. The molecule has 0 bridgehead atoms. The maximum Gasteiger partial charge on any atom is 0.251 e. The average Bonchev–Trinajstić information content (AvgIpc) is 2.48. The molecule has 0 radical (unpaired) electrons. The number of nitrogens with one attached hydrogen (secondary N) is 1. The summed E-state index contributed by atoms with van der Waals surface area (Å²) >= 11 is 0. The smallest absolute Gasteiger partial charge is 0.251 e. The van der Waals surface area contributed by atoms with Gasteiger partial charge < -0.3 is 17.0 Å². The summed E-state index contributed by atoms with van der Waals surface area (Å²) in [4.78, 5) is 23.8. The number of ketones is 1. The molecule has 4 heteroatoms. The van der Waals surface area contributed by atoms with Crippen molar-refractivity contribution in [1.29, 1.82) is 0 Å². The number of carbonyl (C=O) groups is 2. The van der Waals surface area contributed by atoms with Crippen molar-refractivity contribution in [3.05, 3.63) is 42.8 Å². The third-order valence-corrected chi connectivity index (χ3v) is 4.02. The van der Waals surface area contributed by atoms with Gasteiger partial charge in [0.05, 0.1) is 6.04 Å². The van der Waals surface area contributed by atoms with Crippen molar-refractivity contribution in [3.8, 4) is 0 Å². The van der Waals surface area contributed by atoms with E-state index >= 15 is 0 Å². The van der Waals surface area contributed by atoms with Crippen LogP contribution in [0.4, 0.5) is 0 Å². The number of rotatable bonds is 5. The summed E-state index contributed by atoms with van der Waals surface area (Å²) in [6.45, 7) is 3.50. The zero-order chi connectivity index (χ0) is 14.4. The molecule has 1 aliphatic carbocycles. The molecule has 1 saturated carbocycles. The van der Waals surface area contributed by atoms with Gasteiger partial charge in [-0.3, -0.25) is 4.79 Å². The first kappa shape index (κ1) is 18.0. The van der Waals surface area contributed by atoms with Gasteiger partial charge in [-0.2, -0.15) is 0 Å². The monoisotopic (exact) mass is 456 g/mol. The first-order chi connectivity index (χ1) is 9.66. The third-order valence-electron chi connectivity index (χ3n) is 4.02. The number of carbonyl (C=O) groups excluding carboxylic acids is 2. The van der Waals surface area contributed by atoms with Gasteiger partial charge in [0, 0.05) is 32.4 Å². The van der Waals surface area contributed by atoms with Gasteiger partial charge >= 0.3 is 0 Å². The van der Waals surface area contributed by atoms with Gasteiger partial charge in [-0.1, -0.05) is 50.3 Å². The maximum absolute atomic E-state index is 12.1. The Hall–Kier alpha value is -1.08. The Morgan fingerprint density at radius 2 is 1.76 bits per heavy atom. The molecule has 3 nitrogen and oxygen atoms in total. The molecule has 1 fully saturated rings. The molecule has 114 valence electrons. The molecule has 1 amide bonds. The van der Waals surface area contributed by atoms with E-state index in [1.165, 1.54) is 19.3 Å². The minimum Gasteiger partial charge on any atom is -0.345 e. The standard InChI is InChI=1S/C17H22NO2.W/c1-13(19)16(12-14-8-4-2-5-9-14)18-17(20)15-10-6-3-7-11-15;/h3,6-7,10-11,14,16H,1-2,4-5,8-9,12H2,(H,18,20);/q-1;/t16-;/m0./s1. The zero-order valence-electron chi connectivity index (χ0n) is 12.2. The summed E-state index contributed by atoms with van der Waals surface area (Å²) in [6.07, 6.45) is 6.79. The largest absolute Gasteiger partial charge is 0.345 e. The van der Waals surface area contributed by atoms with Crippen LogP contribution in [0.3, 0.4) is 0 Å². The van der Waals surface area contributed by atoms with E-state index in [4.69, 9.17) is 0 Å². The van der Waals surface area contributed by atoms with Crippen molar-refractivity contribution >= 4 is 11.7 Å². The summed E-state index contributed by atoms with van der Waals surface area (Å²) in [5, 5.41) is 2.83. The van der Waals surface area contributed by atoms with Gasteiger partial charge in [0.25, 0.3) is 5.91 Å². The summed E-state index contributed by atoms with van der Waals surface area (Å²) in [5.74, 6) is 0.152. The van der Waals surface area contributed by atoms with Crippen molar-refractivity contribution in [2.24, 2.45) is 5.92 Å². The number of Topliss-reactive ketones (excluding diaryl/α,β-unsaturated/α-hetero) is 1. The van der Waals surface area contributed by atoms with E-state index in [-0.39, 0.29) is 32.8 Å². The first-order valence-corrected chi connectivity index (χ1v) is 7.38. The van der Waals surface area contributed by atoms with Crippen LogP contribution in [0.5, 0.6) is 0 Å². The molecule has 0 unspecified atom stereocenters. The van der Waals surface area contributed by atoms with Gasteiger partial charge in [-0.05, 0) is 24.5 Å². The average molecular weight is 456 g/mol. The number of amides is 1. The molecule has 21 heavy (non-hydrogen) atoms. The fourth-order valence-electron chi connectivity index (χ4n) is 2.86. The van der Waals surface area contributed by atoms with E-state index in [2.05, 4.69) is 12.2 Å². The van der Waals surface area contributed by atoms with E-state index in [0.717, 1.165) is 19.3 Å². The number of benzene rings is 1. The minimum absolute atomic E-state index is 0. The fourth-order valence-corrected chi connectivity index (χ4v) is 2.86. The van der Waals surface area contributed by atoms with Crippen molar-refractivity contribution in [1.82, 2.24) is 5.32 Å². The maximum atomic E-state index is 12.1. The molecule has 1 N–H and O–H groups in total. The van der Waals surface area contributed by atoms with E-state index in [1.54, 1.807) is 12.1 Å². The van der Waals surface area contributed by atoms with Crippen LogP contribution in [0.15, 0.2) is 30.3 Å². The predicted octanol–water partition coefficient (Wildman–Crippen LogP) is 3.16. The van der Waals surface area contributed by atoms with Crippen LogP contribution in [-0.2, 0) is 25.9 Å². The SMILES string of the molecule is [CH2-]C(=O)[C@H](CC1CCCCC1)NC(=O)c1ccccc1.[W]. The second-order valence-corrected chi connectivity index (χ2v) is 5.60. The second-order valence-electron chi connectivity index (χ2n) is 5.60. The quantitative estimate of drug-likeness (QED) is 0.693. The second kappa shape index (κ2) is 9.04.